The minimum atomic E-state index is -1.03. The second-order valence-corrected chi connectivity index (χ2v) is 10.0. The highest BCUT2D eigenvalue weighted by molar-refractivity contribution is 5.86. The summed E-state index contributed by atoms with van der Waals surface area (Å²) in [7, 11) is 3.65. The first-order valence-corrected chi connectivity index (χ1v) is 12.2. The third-order valence-electron chi connectivity index (χ3n) is 7.79. The number of fused-ring (bicyclic) bond motifs is 3. The minimum Gasteiger partial charge on any atom is -0.497 e. The molecule has 2 heterocycles. The van der Waals surface area contributed by atoms with Crippen LogP contribution in [0.4, 0.5) is 10.1 Å². The lowest BCUT2D eigenvalue weighted by molar-refractivity contribution is 0.192. The predicted octanol–water partition coefficient (Wildman–Crippen LogP) is 5.79. The van der Waals surface area contributed by atoms with Crippen LogP contribution in [0.2, 0.25) is 0 Å². The van der Waals surface area contributed by atoms with Gasteiger partial charge in [0.2, 0.25) is 0 Å². The summed E-state index contributed by atoms with van der Waals surface area (Å²) in [5.41, 5.74) is 4.99. The average molecular weight is 452 g/mol. The number of imidazole rings is 1. The number of aliphatic hydroxyl groups is 1. The molecule has 176 valence electrons. The fraction of sp³-hybridized carbons (Fsp3) is 0.519. The molecule has 0 amide bonds. The maximum atomic E-state index is 14.3. The van der Waals surface area contributed by atoms with Gasteiger partial charge in [-0.2, -0.15) is 0 Å². The SMILES string of the molecule is COc1cc(F)cc(C(O)c2nc3c4c(ccc3n2C2CCCC(C)C2)N(C)C(C)CC4)c1. The molecular formula is C27H34FN3O2. The van der Waals surface area contributed by atoms with Crippen LogP contribution < -0.4 is 9.64 Å². The molecule has 4 atom stereocenters. The second-order valence-electron chi connectivity index (χ2n) is 10.0. The summed E-state index contributed by atoms with van der Waals surface area (Å²) in [5.74, 6) is 1.20. The maximum Gasteiger partial charge on any atom is 0.143 e. The van der Waals surface area contributed by atoms with Gasteiger partial charge in [0.25, 0.3) is 0 Å². The van der Waals surface area contributed by atoms with Crippen LogP contribution in [0.5, 0.6) is 5.75 Å². The molecular weight excluding hydrogens is 417 g/mol. The van der Waals surface area contributed by atoms with Gasteiger partial charge in [-0.3, -0.25) is 0 Å². The highest BCUT2D eigenvalue weighted by atomic mass is 19.1. The summed E-state index contributed by atoms with van der Waals surface area (Å²) in [4.78, 5) is 7.40. The molecule has 2 aliphatic rings. The lowest BCUT2D eigenvalue weighted by atomic mass is 9.86. The van der Waals surface area contributed by atoms with E-state index in [9.17, 15) is 9.50 Å². The van der Waals surface area contributed by atoms with Gasteiger partial charge in [-0.25, -0.2) is 9.37 Å². The number of aryl methyl sites for hydroxylation is 1. The molecule has 2 aromatic carbocycles. The third-order valence-corrected chi connectivity index (χ3v) is 7.79. The molecule has 33 heavy (non-hydrogen) atoms. The molecule has 0 saturated heterocycles. The number of aliphatic hydroxyl groups excluding tert-OH is 1. The van der Waals surface area contributed by atoms with Crippen molar-refractivity contribution in [2.24, 2.45) is 5.92 Å². The van der Waals surface area contributed by atoms with E-state index in [1.54, 1.807) is 6.07 Å². The molecule has 1 aromatic heterocycles. The Morgan fingerprint density at radius 2 is 1.97 bits per heavy atom. The number of halogens is 1. The number of nitrogens with zero attached hydrogens (tertiary/aromatic N) is 3. The smallest absolute Gasteiger partial charge is 0.143 e. The van der Waals surface area contributed by atoms with E-state index in [0.717, 1.165) is 36.7 Å². The van der Waals surface area contributed by atoms with Crippen LogP contribution in [0, 0.1) is 11.7 Å². The molecule has 1 fully saturated rings. The molecule has 6 heteroatoms. The molecule has 1 N–H and O–H groups in total. The zero-order chi connectivity index (χ0) is 23.3. The number of anilines is 1. The van der Waals surface area contributed by atoms with Gasteiger partial charge in [0.15, 0.2) is 0 Å². The first-order valence-electron chi connectivity index (χ1n) is 12.2. The van der Waals surface area contributed by atoms with Crippen LogP contribution in [-0.4, -0.2) is 34.9 Å². The van der Waals surface area contributed by atoms with E-state index in [1.165, 1.54) is 43.3 Å². The topological polar surface area (TPSA) is 50.5 Å². The first kappa shape index (κ1) is 22.2. The Labute approximate surface area is 195 Å². The Hall–Kier alpha value is -2.60. The predicted molar refractivity (Wildman–Crippen MR) is 130 cm³/mol. The normalized spacial score (nSPS) is 24.1. The van der Waals surface area contributed by atoms with E-state index < -0.39 is 11.9 Å². The Morgan fingerprint density at radius 1 is 1.15 bits per heavy atom. The van der Waals surface area contributed by atoms with Gasteiger partial charge in [-0.05, 0) is 68.4 Å². The Kier molecular flexibility index (Phi) is 5.81. The number of rotatable bonds is 4. The van der Waals surface area contributed by atoms with Crippen LogP contribution in [0.1, 0.15) is 75.0 Å². The lowest BCUT2D eigenvalue weighted by Crippen LogP contribution is -2.33. The average Bonchev–Trinajstić information content (AvgIpc) is 3.20. The van der Waals surface area contributed by atoms with Crippen LogP contribution in [0.25, 0.3) is 11.0 Å². The largest absolute Gasteiger partial charge is 0.497 e. The number of ether oxygens (including phenoxy) is 1. The van der Waals surface area contributed by atoms with Crippen LogP contribution in [0.3, 0.4) is 0 Å². The first-order chi connectivity index (χ1) is 15.9. The molecule has 0 radical (unpaired) electrons. The van der Waals surface area contributed by atoms with Crippen molar-refractivity contribution in [1.29, 1.82) is 0 Å². The van der Waals surface area contributed by atoms with Crippen molar-refractivity contribution < 1.29 is 14.2 Å². The van der Waals surface area contributed by atoms with E-state index in [-0.39, 0.29) is 6.04 Å². The van der Waals surface area contributed by atoms with Crippen molar-refractivity contribution in [3.8, 4) is 5.75 Å². The van der Waals surface area contributed by atoms with Gasteiger partial charge in [0.05, 0.1) is 18.1 Å². The Balaban J connectivity index is 1.70. The van der Waals surface area contributed by atoms with Crippen molar-refractivity contribution in [3.05, 3.63) is 53.1 Å². The van der Waals surface area contributed by atoms with E-state index in [0.29, 0.717) is 29.1 Å². The monoisotopic (exact) mass is 451 g/mol. The van der Waals surface area contributed by atoms with Gasteiger partial charge < -0.3 is 19.3 Å². The summed E-state index contributed by atoms with van der Waals surface area (Å²) in [5, 5.41) is 11.5. The zero-order valence-corrected chi connectivity index (χ0v) is 20.0. The number of aromatic nitrogens is 2. The van der Waals surface area contributed by atoms with Crippen molar-refractivity contribution >= 4 is 16.7 Å². The van der Waals surface area contributed by atoms with E-state index in [4.69, 9.17) is 9.72 Å². The molecule has 4 unspecified atom stereocenters. The van der Waals surface area contributed by atoms with Gasteiger partial charge in [0.1, 0.15) is 23.5 Å². The van der Waals surface area contributed by atoms with Gasteiger partial charge >= 0.3 is 0 Å². The summed E-state index contributed by atoms with van der Waals surface area (Å²) in [6.45, 7) is 4.55. The Morgan fingerprint density at radius 3 is 2.73 bits per heavy atom. The Bertz CT molecular complexity index is 1170. The highest BCUT2D eigenvalue weighted by Gasteiger charge is 2.31. The van der Waals surface area contributed by atoms with Crippen LogP contribution in [-0.2, 0) is 6.42 Å². The molecule has 5 rings (SSSR count). The van der Waals surface area contributed by atoms with Crippen LogP contribution in [0.15, 0.2) is 30.3 Å². The van der Waals surface area contributed by atoms with Crippen molar-refractivity contribution in [1.82, 2.24) is 9.55 Å². The molecule has 1 saturated carbocycles. The fourth-order valence-corrected chi connectivity index (χ4v) is 5.81. The number of benzene rings is 2. The van der Waals surface area contributed by atoms with Gasteiger partial charge in [-0.15, -0.1) is 0 Å². The molecule has 3 aromatic rings. The van der Waals surface area contributed by atoms with Crippen molar-refractivity contribution in [2.45, 2.75) is 70.6 Å². The maximum absolute atomic E-state index is 14.3. The summed E-state index contributed by atoms with van der Waals surface area (Å²) < 4.78 is 21.8. The quantitative estimate of drug-likeness (QED) is 0.546. The van der Waals surface area contributed by atoms with E-state index in [2.05, 4.69) is 42.5 Å². The number of methoxy groups -OCH3 is 1. The number of hydrogen-bond acceptors (Lipinski definition) is 4. The van der Waals surface area contributed by atoms with E-state index in [1.807, 2.05) is 0 Å². The van der Waals surface area contributed by atoms with Crippen molar-refractivity contribution in [2.75, 3.05) is 19.1 Å². The van der Waals surface area contributed by atoms with Crippen LogP contribution >= 0.6 is 0 Å². The molecule has 1 aliphatic heterocycles. The summed E-state index contributed by atoms with van der Waals surface area (Å²) in [6, 6.07) is 9.54. The van der Waals surface area contributed by atoms with E-state index >= 15 is 0 Å². The standard InChI is InChI=1S/C27H34FN3O2/c1-16-6-5-7-20(12-16)31-24-11-10-23-22(9-8-17(2)30(23)3)25(24)29-27(31)26(32)18-13-19(28)15-21(14-18)33-4/h10-11,13-17,20,26,32H,5-9,12H2,1-4H3. The number of hydrogen-bond donors (Lipinski definition) is 1. The molecule has 5 nitrogen and oxygen atoms in total. The van der Waals surface area contributed by atoms with Gasteiger partial charge in [-0.1, -0.05) is 19.8 Å². The molecule has 0 spiro atoms. The zero-order valence-electron chi connectivity index (χ0n) is 20.0. The summed E-state index contributed by atoms with van der Waals surface area (Å²) >= 11 is 0. The lowest BCUT2D eigenvalue weighted by Gasteiger charge is -2.34. The van der Waals surface area contributed by atoms with Crippen molar-refractivity contribution in [3.63, 3.8) is 0 Å². The third kappa shape index (κ3) is 3.88. The fourth-order valence-electron chi connectivity index (χ4n) is 5.81. The highest BCUT2D eigenvalue weighted by Crippen LogP contribution is 2.41. The summed E-state index contributed by atoms with van der Waals surface area (Å²) in [6.07, 6.45) is 5.55. The molecule has 1 aliphatic carbocycles. The minimum absolute atomic E-state index is 0.275. The second kappa shape index (κ2) is 8.64. The molecule has 0 bridgehead atoms. The van der Waals surface area contributed by atoms with Gasteiger partial charge in [0, 0.05) is 36.4 Å².